The molecular weight excluding hydrogens is 379 g/mol. The molecule has 2 aliphatic heterocycles. The molecule has 0 saturated heterocycles. The maximum atomic E-state index is 13.1. The van der Waals surface area contributed by atoms with E-state index in [1.807, 2.05) is 13.0 Å². The minimum Gasteiger partial charge on any atom is -0.473 e. The molecular formula is C20H19FN4O4. The Labute approximate surface area is 166 Å². The molecule has 1 unspecified atom stereocenters. The Hall–Kier alpha value is -3.49. The van der Waals surface area contributed by atoms with Gasteiger partial charge in [0.1, 0.15) is 24.2 Å². The van der Waals surface area contributed by atoms with Crippen molar-refractivity contribution in [1.82, 2.24) is 9.55 Å². The van der Waals surface area contributed by atoms with E-state index in [1.54, 1.807) is 29.0 Å². The number of aryl methyl sites for hydroxylation is 1. The van der Waals surface area contributed by atoms with Gasteiger partial charge in [-0.15, -0.1) is 0 Å². The molecule has 0 saturated carbocycles. The first-order valence-electron chi connectivity index (χ1n) is 9.15. The van der Waals surface area contributed by atoms with E-state index < -0.39 is 10.5 Å². The molecule has 9 heteroatoms. The zero-order valence-electron chi connectivity index (χ0n) is 15.7. The van der Waals surface area contributed by atoms with Crippen molar-refractivity contribution in [1.29, 1.82) is 0 Å². The van der Waals surface area contributed by atoms with E-state index in [9.17, 15) is 14.5 Å². The molecule has 0 bridgehead atoms. The molecule has 0 fully saturated rings. The van der Waals surface area contributed by atoms with Gasteiger partial charge < -0.3 is 19.6 Å². The van der Waals surface area contributed by atoms with E-state index in [-0.39, 0.29) is 24.3 Å². The van der Waals surface area contributed by atoms with Crippen LogP contribution >= 0.6 is 0 Å². The summed E-state index contributed by atoms with van der Waals surface area (Å²) in [6.45, 7) is 2.64. The van der Waals surface area contributed by atoms with Crippen molar-refractivity contribution >= 4 is 17.6 Å². The highest BCUT2D eigenvalue weighted by atomic mass is 19.1. The minimum atomic E-state index is -0.679. The number of hydrogen-bond acceptors (Lipinski definition) is 6. The third kappa shape index (κ3) is 4.18. The van der Waals surface area contributed by atoms with Crippen molar-refractivity contribution < 1.29 is 18.8 Å². The zero-order valence-corrected chi connectivity index (χ0v) is 15.7. The number of imidazole rings is 1. The van der Waals surface area contributed by atoms with Crippen LogP contribution in [0.3, 0.4) is 0 Å². The van der Waals surface area contributed by atoms with E-state index in [2.05, 4.69) is 9.98 Å². The topological polar surface area (TPSA) is 91.8 Å². The van der Waals surface area contributed by atoms with E-state index in [0.717, 1.165) is 11.1 Å². The molecule has 0 N–H and O–H groups in total. The van der Waals surface area contributed by atoms with Gasteiger partial charge in [-0.1, -0.05) is 18.2 Å². The minimum absolute atomic E-state index is 0.214. The number of allylic oxidation sites excluding steroid dienone is 3. The van der Waals surface area contributed by atoms with Crippen LogP contribution in [0, 0.1) is 15.9 Å². The SMILES string of the molecule is CC1(COC2=CC=C(c3ccc(F)cc3)CC=N2)CCn2cc([N+](=O)[O-])nc2O1. The summed E-state index contributed by atoms with van der Waals surface area (Å²) in [5.74, 6) is -0.0746. The molecule has 1 aromatic heterocycles. The van der Waals surface area contributed by atoms with Crippen LogP contribution in [0.15, 0.2) is 53.5 Å². The predicted molar refractivity (Wildman–Crippen MR) is 104 cm³/mol. The van der Waals surface area contributed by atoms with Gasteiger partial charge in [-0.05, 0) is 35.1 Å². The van der Waals surface area contributed by atoms with Gasteiger partial charge in [0.25, 0.3) is 0 Å². The van der Waals surface area contributed by atoms with Gasteiger partial charge in [0.2, 0.25) is 5.88 Å². The first kappa shape index (κ1) is 18.9. The lowest BCUT2D eigenvalue weighted by molar-refractivity contribution is -0.389. The molecule has 0 aliphatic carbocycles. The van der Waals surface area contributed by atoms with Crippen LogP contribution in [-0.2, 0) is 11.3 Å². The van der Waals surface area contributed by atoms with Crippen molar-refractivity contribution in [3.63, 3.8) is 0 Å². The number of halogens is 1. The molecule has 2 aliphatic rings. The quantitative estimate of drug-likeness (QED) is 0.563. The molecule has 0 amide bonds. The van der Waals surface area contributed by atoms with Gasteiger partial charge >= 0.3 is 11.8 Å². The second kappa shape index (κ2) is 7.50. The summed E-state index contributed by atoms with van der Waals surface area (Å²) >= 11 is 0. The number of aromatic nitrogens is 2. The van der Waals surface area contributed by atoms with Gasteiger partial charge in [0.15, 0.2) is 0 Å². The van der Waals surface area contributed by atoms with Crippen LogP contribution in [0.5, 0.6) is 6.01 Å². The summed E-state index contributed by atoms with van der Waals surface area (Å²) in [5.41, 5.74) is 1.25. The summed E-state index contributed by atoms with van der Waals surface area (Å²) in [6.07, 6.45) is 7.99. The maximum Gasteiger partial charge on any atom is 0.414 e. The lowest BCUT2D eigenvalue weighted by Gasteiger charge is -2.32. The van der Waals surface area contributed by atoms with Crippen LogP contribution in [0.2, 0.25) is 0 Å². The molecule has 4 rings (SSSR count). The average Bonchev–Trinajstić information content (AvgIpc) is 2.97. The number of nitrogens with zero attached hydrogens (tertiary/aromatic N) is 4. The monoisotopic (exact) mass is 398 g/mol. The fraction of sp³-hybridized carbons (Fsp3) is 0.300. The molecule has 150 valence electrons. The Morgan fingerprint density at radius 2 is 2.14 bits per heavy atom. The van der Waals surface area contributed by atoms with Crippen molar-refractivity contribution in [2.24, 2.45) is 4.99 Å². The summed E-state index contributed by atoms with van der Waals surface area (Å²) < 4.78 is 26.4. The first-order valence-corrected chi connectivity index (χ1v) is 9.15. The summed E-state index contributed by atoms with van der Waals surface area (Å²) in [4.78, 5) is 18.6. The van der Waals surface area contributed by atoms with Gasteiger partial charge in [0.05, 0.1) is 0 Å². The van der Waals surface area contributed by atoms with E-state index in [0.29, 0.717) is 25.3 Å². The van der Waals surface area contributed by atoms with Crippen LogP contribution in [0.1, 0.15) is 25.3 Å². The molecule has 0 spiro atoms. The highest BCUT2D eigenvalue weighted by Gasteiger charge is 2.37. The first-order chi connectivity index (χ1) is 13.9. The molecule has 8 nitrogen and oxygen atoms in total. The number of rotatable bonds is 5. The number of hydrogen-bond donors (Lipinski definition) is 0. The van der Waals surface area contributed by atoms with Crippen LogP contribution in [0.25, 0.3) is 5.57 Å². The van der Waals surface area contributed by atoms with Crippen LogP contribution in [0.4, 0.5) is 10.2 Å². The van der Waals surface area contributed by atoms with E-state index in [4.69, 9.17) is 9.47 Å². The predicted octanol–water partition coefficient (Wildman–Crippen LogP) is 3.89. The standard InChI is InChI=1S/C20H19FN4O4/c1-20(9-11-24-12-17(25(26)27)23-19(24)29-20)13-28-18-7-4-15(8-10-22-18)14-2-5-16(21)6-3-14/h2-7,10,12H,8-9,11,13H2,1H3. The van der Waals surface area contributed by atoms with Crippen LogP contribution < -0.4 is 4.74 Å². The van der Waals surface area contributed by atoms with Gasteiger partial charge in [0, 0.05) is 36.7 Å². The van der Waals surface area contributed by atoms with Gasteiger partial charge in [-0.3, -0.25) is 4.57 Å². The average molecular weight is 398 g/mol. The Morgan fingerprint density at radius 1 is 1.34 bits per heavy atom. The lowest BCUT2D eigenvalue weighted by Crippen LogP contribution is -2.42. The molecule has 2 aromatic rings. The van der Waals surface area contributed by atoms with E-state index >= 15 is 0 Å². The van der Waals surface area contributed by atoms with Gasteiger partial charge in [-0.2, -0.15) is 0 Å². The third-order valence-electron chi connectivity index (χ3n) is 4.83. The fourth-order valence-corrected chi connectivity index (χ4v) is 3.15. The number of ether oxygens (including phenoxy) is 2. The van der Waals surface area contributed by atoms with Crippen molar-refractivity contribution in [2.45, 2.75) is 31.9 Å². The second-order valence-electron chi connectivity index (χ2n) is 7.14. The Balaban J connectivity index is 1.43. The normalized spacial score (nSPS) is 20.8. The summed E-state index contributed by atoms with van der Waals surface area (Å²) in [6, 6.07) is 6.52. The summed E-state index contributed by atoms with van der Waals surface area (Å²) in [7, 11) is 0. The highest BCUT2D eigenvalue weighted by molar-refractivity contribution is 5.81. The molecule has 0 radical (unpaired) electrons. The summed E-state index contributed by atoms with van der Waals surface area (Å²) in [5, 5.41) is 10.9. The van der Waals surface area contributed by atoms with Crippen molar-refractivity contribution in [3.8, 4) is 6.01 Å². The fourth-order valence-electron chi connectivity index (χ4n) is 3.15. The van der Waals surface area contributed by atoms with Crippen molar-refractivity contribution in [2.75, 3.05) is 6.61 Å². The molecule has 1 atom stereocenters. The van der Waals surface area contributed by atoms with Crippen molar-refractivity contribution in [3.05, 3.63) is 70.0 Å². The van der Waals surface area contributed by atoms with Gasteiger partial charge in [-0.25, -0.2) is 9.38 Å². The number of benzene rings is 1. The zero-order chi connectivity index (χ0) is 20.4. The Kier molecular flexibility index (Phi) is 4.87. The Bertz CT molecular complexity index is 1030. The third-order valence-corrected chi connectivity index (χ3v) is 4.83. The lowest BCUT2D eigenvalue weighted by atomic mass is 10.0. The largest absolute Gasteiger partial charge is 0.473 e. The Morgan fingerprint density at radius 3 is 2.90 bits per heavy atom. The van der Waals surface area contributed by atoms with Crippen LogP contribution in [-0.4, -0.2) is 32.9 Å². The molecule has 29 heavy (non-hydrogen) atoms. The second-order valence-corrected chi connectivity index (χ2v) is 7.14. The van der Waals surface area contributed by atoms with E-state index in [1.165, 1.54) is 18.3 Å². The number of fused-ring (bicyclic) bond motifs is 1. The number of nitro groups is 1. The maximum absolute atomic E-state index is 13.1. The highest BCUT2D eigenvalue weighted by Crippen LogP contribution is 2.31. The number of aliphatic imine (C=N–C) groups is 1. The smallest absolute Gasteiger partial charge is 0.414 e. The molecule has 1 aromatic carbocycles. The molecule has 3 heterocycles.